The van der Waals surface area contributed by atoms with Gasteiger partial charge in [0.25, 0.3) is 6.43 Å². The standard InChI is InChI=1S/C16H14F2O/c1-11-7-9-12(10-8-11)14(16(17)18)15(19)13-5-3-2-4-6-13/h2-10,14,16H,1H3. The summed E-state index contributed by atoms with van der Waals surface area (Å²) in [7, 11) is 0. The van der Waals surface area contributed by atoms with Crippen molar-refractivity contribution in [3.63, 3.8) is 0 Å². The molecule has 3 heteroatoms. The topological polar surface area (TPSA) is 17.1 Å². The maximum absolute atomic E-state index is 13.2. The van der Waals surface area contributed by atoms with Gasteiger partial charge in [0.15, 0.2) is 5.78 Å². The van der Waals surface area contributed by atoms with Gasteiger partial charge in [-0.15, -0.1) is 0 Å². The number of hydrogen-bond donors (Lipinski definition) is 0. The molecular weight excluding hydrogens is 246 g/mol. The first-order chi connectivity index (χ1) is 9.09. The first kappa shape index (κ1) is 13.4. The molecule has 2 aromatic carbocycles. The van der Waals surface area contributed by atoms with E-state index < -0.39 is 18.1 Å². The van der Waals surface area contributed by atoms with E-state index >= 15 is 0 Å². The molecular formula is C16H14F2O. The first-order valence-electron chi connectivity index (χ1n) is 6.03. The van der Waals surface area contributed by atoms with E-state index in [4.69, 9.17) is 0 Å². The van der Waals surface area contributed by atoms with Crippen molar-refractivity contribution in [3.05, 3.63) is 71.3 Å². The normalized spacial score (nSPS) is 12.4. The zero-order valence-corrected chi connectivity index (χ0v) is 10.5. The van der Waals surface area contributed by atoms with Crippen LogP contribution in [0.3, 0.4) is 0 Å². The van der Waals surface area contributed by atoms with Gasteiger partial charge in [-0.05, 0) is 12.5 Å². The lowest BCUT2D eigenvalue weighted by molar-refractivity contribution is 0.0735. The van der Waals surface area contributed by atoms with Crippen molar-refractivity contribution in [2.45, 2.75) is 19.3 Å². The highest BCUT2D eigenvalue weighted by atomic mass is 19.3. The van der Waals surface area contributed by atoms with Gasteiger partial charge in [0, 0.05) is 5.56 Å². The SMILES string of the molecule is Cc1ccc(C(C(=O)c2ccccc2)C(F)F)cc1. The largest absolute Gasteiger partial charge is 0.293 e. The molecule has 98 valence electrons. The fourth-order valence-electron chi connectivity index (χ4n) is 1.97. The third-order valence-electron chi connectivity index (χ3n) is 3.03. The van der Waals surface area contributed by atoms with Crippen molar-refractivity contribution in [1.82, 2.24) is 0 Å². The summed E-state index contributed by atoms with van der Waals surface area (Å²) in [4.78, 5) is 12.2. The maximum atomic E-state index is 13.2. The molecule has 0 aliphatic heterocycles. The summed E-state index contributed by atoms with van der Waals surface area (Å²) in [5.74, 6) is -1.94. The highest BCUT2D eigenvalue weighted by Crippen LogP contribution is 2.27. The molecule has 0 saturated heterocycles. The van der Waals surface area contributed by atoms with Gasteiger partial charge in [-0.3, -0.25) is 4.79 Å². The number of Topliss-reactive ketones (excluding diaryl/α,β-unsaturated/α-hetero) is 1. The van der Waals surface area contributed by atoms with Crippen LogP contribution >= 0.6 is 0 Å². The second-order valence-corrected chi connectivity index (χ2v) is 4.45. The third kappa shape index (κ3) is 3.05. The predicted molar refractivity (Wildman–Crippen MR) is 70.7 cm³/mol. The molecule has 0 heterocycles. The summed E-state index contributed by atoms with van der Waals surface area (Å²) in [5, 5.41) is 0. The lowest BCUT2D eigenvalue weighted by atomic mass is 9.90. The zero-order chi connectivity index (χ0) is 13.8. The minimum atomic E-state index is -2.71. The molecule has 1 unspecified atom stereocenters. The van der Waals surface area contributed by atoms with Crippen LogP contribution in [0.4, 0.5) is 8.78 Å². The molecule has 0 bridgehead atoms. The number of carbonyl (C=O) groups is 1. The Morgan fingerprint density at radius 1 is 0.947 bits per heavy atom. The molecule has 0 N–H and O–H groups in total. The van der Waals surface area contributed by atoms with Gasteiger partial charge in [0.1, 0.15) is 5.92 Å². The highest BCUT2D eigenvalue weighted by Gasteiger charge is 2.30. The fraction of sp³-hybridized carbons (Fsp3) is 0.188. The lowest BCUT2D eigenvalue weighted by Gasteiger charge is -2.15. The molecule has 19 heavy (non-hydrogen) atoms. The minimum Gasteiger partial charge on any atom is -0.293 e. The van der Waals surface area contributed by atoms with E-state index in [1.54, 1.807) is 54.6 Å². The fourth-order valence-corrected chi connectivity index (χ4v) is 1.97. The van der Waals surface area contributed by atoms with E-state index in [0.717, 1.165) is 5.56 Å². The molecule has 0 fully saturated rings. The molecule has 0 aromatic heterocycles. The van der Waals surface area contributed by atoms with E-state index in [0.29, 0.717) is 11.1 Å². The molecule has 1 atom stereocenters. The Bertz CT molecular complexity index is 547. The van der Waals surface area contributed by atoms with Gasteiger partial charge >= 0.3 is 0 Å². The third-order valence-corrected chi connectivity index (χ3v) is 3.03. The van der Waals surface area contributed by atoms with Crippen LogP contribution in [0.1, 0.15) is 27.4 Å². The molecule has 0 amide bonds. The van der Waals surface area contributed by atoms with Crippen LogP contribution in [0.5, 0.6) is 0 Å². The number of benzene rings is 2. The number of hydrogen-bond acceptors (Lipinski definition) is 1. The summed E-state index contributed by atoms with van der Waals surface area (Å²) >= 11 is 0. The molecule has 0 aliphatic carbocycles. The lowest BCUT2D eigenvalue weighted by Crippen LogP contribution is -2.20. The van der Waals surface area contributed by atoms with Crippen LogP contribution in [0, 0.1) is 6.92 Å². The highest BCUT2D eigenvalue weighted by molar-refractivity contribution is 6.01. The predicted octanol–water partition coefficient (Wildman–Crippen LogP) is 4.23. The van der Waals surface area contributed by atoms with Gasteiger partial charge in [-0.2, -0.15) is 0 Å². The Morgan fingerprint density at radius 3 is 2.05 bits per heavy atom. The molecule has 0 saturated carbocycles. The van der Waals surface area contributed by atoms with Crippen molar-refractivity contribution in [1.29, 1.82) is 0 Å². The maximum Gasteiger partial charge on any atom is 0.252 e. The van der Waals surface area contributed by atoms with Gasteiger partial charge in [0.2, 0.25) is 0 Å². The van der Waals surface area contributed by atoms with Crippen molar-refractivity contribution in [2.75, 3.05) is 0 Å². The smallest absolute Gasteiger partial charge is 0.252 e. The van der Waals surface area contributed by atoms with Crippen LogP contribution < -0.4 is 0 Å². The van der Waals surface area contributed by atoms with Crippen LogP contribution in [0.15, 0.2) is 54.6 Å². The Balaban J connectivity index is 2.36. The monoisotopic (exact) mass is 260 g/mol. The second kappa shape index (κ2) is 5.74. The number of aryl methyl sites for hydroxylation is 1. The summed E-state index contributed by atoms with van der Waals surface area (Å²) in [6.45, 7) is 1.88. The van der Waals surface area contributed by atoms with Crippen LogP contribution in [-0.4, -0.2) is 12.2 Å². The minimum absolute atomic E-state index is 0.313. The van der Waals surface area contributed by atoms with Crippen LogP contribution in [0.25, 0.3) is 0 Å². The van der Waals surface area contributed by atoms with Gasteiger partial charge in [-0.1, -0.05) is 60.2 Å². The van der Waals surface area contributed by atoms with Crippen molar-refractivity contribution in [3.8, 4) is 0 Å². The molecule has 1 nitrogen and oxygen atoms in total. The summed E-state index contributed by atoms with van der Waals surface area (Å²) < 4.78 is 26.4. The van der Waals surface area contributed by atoms with Gasteiger partial charge in [-0.25, -0.2) is 8.78 Å². The average molecular weight is 260 g/mol. The van der Waals surface area contributed by atoms with Crippen molar-refractivity contribution < 1.29 is 13.6 Å². The Kier molecular flexibility index (Phi) is 4.05. The van der Waals surface area contributed by atoms with E-state index in [1.807, 2.05) is 6.92 Å². The van der Waals surface area contributed by atoms with E-state index in [-0.39, 0.29) is 0 Å². The second-order valence-electron chi connectivity index (χ2n) is 4.45. The van der Waals surface area contributed by atoms with Crippen molar-refractivity contribution >= 4 is 5.78 Å². The molecule has 2 rings (SSSR count). The van der Waals surface area contributed by atoms with Crippen LogP contribution in [-0.2, 0) is 0 Å². The molecule has 0 aliphatic rings. The van der Waals surface area contributed by atoms with Gasteiger partial charge < -0.3 is 0 Å². The van der Waals surface area contributed by atoms with Crippen molar-refractivity contribution in [2.24, 2.45) is 0 Å². The number of ketones is 1. The summed E-state index contributed by atoms with van der Waals surface area (Å²) in [5.41, 5.74) is 1.65. The number of carbonyl (C=O) groups excluding carboxylic acids is 1. The first-order valence-corrected chi connectivity index (χ1v) is 6.03. The van der Waals surface area contributed by atoms with Crippen LogP contribution in [0.2, 0.25) is 0 Å². The number of halogens is 2. The summed E-state index contributed by atoms with van der Waals surface area (Å²) in [6.07, 6.45) is -2.71. The van der Waals surface area contributed by atoms with E-state index in [2.05, 4.69) is 0 Å². The zero-order valence-electron chi connectivity index (χ0n) is 10.5. The quantitative estimate of drug-likeness (QED) is 0.752. The average Bonchev–Trinajstić information content (AvgIpc) is 2.42. The Labute approximate surface area is 110 Å². The van der Waals surface area contributed by atoms with Gasteiger partial charge in [0.05, 0.1) is 0 Å². The Hall–Kier alpha value is -2.03. The number of alkyl halides is 2. The molecule has 0 radical (unpaired) electrons. The number of rotatable bonds is 4. The Morgan fingerprint density at radius 2 is 1.53 bits per heavy atom. The van der Waals surface area contributed by atoms with E-state index in [9.17, 15) is 13.6 Å². The molecule has 2 aromatic rings. The van der Waals surface area contributed by atoms with E-state index in [1.165, 1.54) is 0 Å². The summed E-state index contributed by atoms with van der Waals surface area (Å²) in [6, 6.07) is 14.9. The molecule has 0 spiro atoms.